The van der Waals surface area contributed by atoms with E-state index in [1.807, 2.05) is 0 Å². The number of carbonyl (C=O) groups is 2. The zero-order valence-corrected chi connectivity index (χ0v) is 13.8. The molecule has 7 heteroatoms. The van der Waals surface area contributed by atoms with Crippen LogP contribution < -0.4 is 0 Å². The minimum atomic E-state index is -1.05. The summed E-state index contributed by atoms with van der Waals surface area (Å²) >= 11 is 0. The molecule has 1 heterocycles. The molecule has 1 aliphatic rings. The number of carbonyl (C=O) groups excluding carboxylic acids is 1. The fourth-order valence-electron chi connectivity index (χ4n) is 2.89. The van der Waals surface area contributed by atoms with Gasteiger partial charge in [0.25, 0.3) is 0 Å². The first kappa shape index (κ1) is 18.0. The lowest BCUT2D eigenvalue weighted by Crippen LogP contribution is -2.43. The van der Waals surface area contributed by atoms with Crippen molar-refractivity contribution in [3.05, 3.63) is 70.8 Å². The number of carboxylic acid groups (broad SMARTS) is 1. The lowest BCUT2D eigenvalue weighted by atomic mass is 10.1. The fraction of sp³-hybridized carbons (Fsp3) is 0.263. The molecular weight excluding hydrogens is 344 g/mol. The highest BCUT2D eigenvalue weighted by molar-refractivity contribution is 5.88. The van der Waals surface area contributed by atoms with Gasteiger partial charge >= 0.3 is 5.97 Å². The number of benzene rings is 2. The van der Waals surface area contributed by atoms with Crippen molar-refractivity contribution in [3.63, 3.8) is 0 Å². The van der Waals surface area contributed by atoms with E-state index in [1.54, 1.807) is 17.0 Å². The predicted octanol–water partition coefficient (Wildman–Crippen LogP) is 2.81. The number of morpholine rings is 1. The van der Waals surface area contributed by atoms with Crippen molar-refractivity contribution >= 4 is 11.9 Å². The van der Waals surface area contributed by atoms with Crippen LogP contribution in [0.2, 0.25) is 0 Å². The van der Waals surface area contributed by atoms with E-state index < -0.39 is 23.7 Å². The van der Waals surface area contributed by atoms with Crippen LogP contribution in [0.5, 0.6) is 0 Å². The van der Waals surface area contributed by atoms with Crippen LogP contribution in [0.1, 0.15) is 27.6 Å². The van der Waals surface area contributed by atoms with E-state index in [2.05, 4.69) is 0 Å². The molecule has 1 unspecified atom stereocenters. The van der Waals surface area contributed by atoms with Crippen molar-refractivity contribution < 1.29 is 28.2 Å². The molecule has 1 N–H and O–H groups in total. The van der Waals surface area contributed by atoms with Gasteiger partial charge in [0.1, 0.15) is 6.10 Å². The zero-order chi connectivity index (χ0) is 18.7. The summed E-state index contributed by atoms with van der Waals surface area (Å²) in [6, 6.07) is 9.76. The molecule has 3 rings (SSSR count). The van der Waals surface area contributed by atoms with E-state index in [1.165, 1.54) is 18.2 Å². The molecule has 0 aromatic heterocycles. The first-order valence-corrected chi connectivity index (χ1v) is 8.10. The third kappa shape index (κ3) is 4.05. The second-order valence-electron chi connectivity index (χ2n) is 6.06. The maximum atomic E-state index is 13.4. The van der Waals surface area contributed by atoms with Crippen LogP contribution in [0.3, 0.4) is 0 Å². The smallest absolute Gasteiger partial charge is 0.335 e. The molecule has 0 bridgehead atoms. The first-order chi connectivity index (χ1) is 12.4. The Morgan fingerprint density at radius 3 is 2.69 bits per heavy atom. The van der Waals surface area contributed by atoms with Crippen LogP contribution in [-0.2, 0) is 16.0 Å². The quantitative estimate of drug-likeness (QED) is 0.909. The van der Waals surface area contributed by atoms with Crippen molar-refractivity contribution in [1.82, 2.24) is 4.90 Å². The van der Waals surface area contributed by atoms with E-state index in [9.17, 15) is 18.4 Å². The molecule has 1 saturated heterocycles. The van der Waals surface area contributed by atoms with Gasteiger partial charge in [-0.05, 0) is 35.4 Å². The Bertz CT molecular complexity index is 840. The van der Waals surface area contributed by atoms with Crippen molar-refractivity contribution in [1.29, 1.82) is 0 Å². The van der Waals surface area contributed by atoms with E-state index >= 15 is 0 Å². The van der Waals surface area contributed by atoms with E-state index in [4.69, 9.17) is 9.84 Å². The average Bonchev–Trinajstić information content (AvgIpc) is 2.64. The number of aromatic carboxylic acids is 1. The molecule has 1 amide bonds. The van der Waals surface area contributed by atoms with Crippen molar-refractivity contribution in [2.45, 2.75) is 12.5 Å². The number of hydrogen-bond donors (Lipinski definition) is 1. The monoisotopic (exact) mass is 361 g/mol. The molecule has 1 fully saturated rings. The normalized spacial score (nSPS) is 17.2. The summed E-state index contributed by atoms with van der Waals surface area (Å²) in [4.78, 5) is 25.1. The topological polar surface area (TPSA) is 66.8 Å². The van der Waals surface area contributed by atoms with Crippen LogP contribution in [0, 0.1) is 11.6 Å². The van der Waals surface area contributed by atoms with Crippen LogP contribution in [0.25, 0.3) is 0 Å². The molecule has 136 valence electrons. The summed E-state index contributed by atoms with van der Waals surface area (Å²) in [5.74, 6) is -3.12. The van der Waals surface area contributed by atoms with Crippen molar-refractivity contribution in [3.8, 4) is 0 Å². The molecule has 26 heavy (non-hydrogen) atoms. The SMILES string of the molecule is O=C(O)c1cccc(CC(=O)N2CCOC(c3ccc(F)c(F)c3)C2)c1. The maximum Gasteiger partial charge on any atom is 0.335 e. The van der Waals surface area contributed by atoms with Gasteiger partial charge in [0, 0.05) is 6.54 Å². The van der Waals surface area contributed by atoms with Gasteiger partial charge in [0.15, 0.2) is 11.6 Å². The number of nitrogens with zero attached hydrogens (tertiary/aromatic N) is 1. The number of rotatable bonds is 4. The van der Waals surface area contributed by atoms with E-state index in [-0.39, 0.29) is 31.0 Å². The van der Waals surface area contributed by atoms with Crippen molar-refractivity contribution in [2.24, 2.45) is 0 Å². The number of carboxylic acids is 1. The van der Waals surface area contributed by atoms with Crippen molar-refractivity contribution in [2.75, 3.05) is 19.7 Å². The highest BCUT2D eigenvalue weighted by Crippen LogP contribution is 2.24. The van der Waals surface area contributed by atoms with Gasteiger partial charge in [0.2, 0.25) is 5.91 Å². The Morgan fingerprint density at radius 1 is 1.15 bits per heavy atom. The third-order valence-electron chi connectivity index (χ3n) is 4.26. The molecule has 0 spiro atoms. The van der Waals surface area contributed by atoms with Crippen LogP contribution >= 0.6 is 0 Å². The third-order valence-corrected chi connectivity index (χ3v) is 4.26. The lowest BCUT2D eigenvalue weighted by molar-refractivity contribution is -0.138. The van der Waals surface area contributed by atoms with E-state index in [0.29, 0.717) is 17.7 Å². The van der Waals surface area contributed by atoms with Gasteiger partial charge in [-0.25, -0.2) is 13.6 Å². The molecule has 1 aliphatic heterocycles. The predicted molar refractivity (Wildman–Crippen MR) is 88.7 cm³/mol. The molecule has 1 atom stereocenters. The molecular formula is C19H17F2NO4. The number of ether oxygens (including phenoxy) is 1. The summed E-state index contributed by atoms with van der Waals surface area (Å²) in [7, 11) is 0. The molecule has 0 aliphatic carbocycles. The molecule has 5 nitrogen and oxygen atoms in total. The minimum absolute atomic E-state index is 0.0611. The first-order valence-electron chi connectivity index (χ1n) is 8.10. The largest absolute Gasteiger partial charge is 0.478 e. The fourth-order valence-corrected chi connectivity index (χ4v) is 2.89. The second kappa shape index (κ2) is 7.61. The van der Waals surface area contributed by atoms with Gasteiger partial charge in [-0.2, -0.15) is 0 Å². The Morgan fingerprint density at radius 2 is 1.96 bits per heavy atom. The Hall–Kier alpha value is -2.80. The maximum absolute atomic E-state index is 13.4. The highest BCUT2D eigenvalue weighted by atomic mass is 19.2. The second-order valence-corrected chi connectivity index (χ2v) is 6.06. The summed E-state index contributed by atoms with van der Waals surface area (Å²) < 4.78 is 32.1. The Labute approximate surface area is 148 Å². The number of amides is 1. The van der Waals surface area contributed by atoms with Gasteiger partial charge in [0.05, 0.1) is 25.1 Å². The Balaban J connectivity index is 1.69. The van der Waals surface area contributed by atoms with Gasteiger partial charge in [-0.1, -0.05) is 18.2 Å². The lowest BCUT2D eigenvalue weighted by Gasteiger charge is -2.33. The standard InChI is InChI=1S/C19H17F2NO4/c20-15-5-4-13(10-16(15)21)17-11-22(6-7-26-17)18(23)9-12-2-1-3-14(8-12)19(24)25/h1-5,8,10,17H,6-7,9,11H2,(H,24,25). The van der Waals surface area contributed by atoms with Crippen LogP contribution in [0.4, 0.5) is 8.78 Å². The van der Waals surface area contributed by atoms with Crippen LogP contribution in [-0.4, -0.2) is 41.6 Å². The van der Waals surface area contributed by atoms with Gasteiger partial charge < -0.3 is 14.7 Å². The Kier molecular flexibility index (Phi) is 5.27. The zero-order valence-electron chi connectivity index (χ0n) is 13.8. The minimum Gasteiger partial charge on any atom is -0.478 e. The number of halogens is 2. The average molecular weight is 361 g/mol. The van der Waals surface area contributed by atoms with Gasteiger partial charge in [-0.15, -0.1) is 0 Å². The molecule has 2 aromatic rings. The molecule has 0 radical (unpaired) electrons. The van der Waals surface area contributed by atoms with E-state index in [0.717, 1.165) is 12.1 Å². The highest BCUT2D eigenvalue weighted by Gasteiger charge is 2.26. The summed E-state index contributed by atoms with van der Waals surface area (Å²) in [5.41, 5.74) is 1.19. The summed E-state index contributed by atoms with van der Waals surface area (Å²) in [6.45, 7) is 0.894. The number of hydrogen-bond acceptors (Lipinski definition) is 3. The summed E-state index contributed by atoms with van der Waals surface area (Å²) in [5, 5.41) is 9.03. The molecule has 0 saturated carbocycles. The molecule has 2 aromatic carbocycles. The summed E-state index contributed by atoms with van der Waals surface area (Å²) in [6.07, 6.45) is -0.473. The van der Waals surface area contributed by atoms with Crippen LogP contribution in [0.15, 0.2) is 42.5 Å². The van der Waals surface area contributed by atoms with Gasteiger partial charge in [-0.3, -0.25) is 4.79 Å².